The van der Waals surface area contributed by atoms with Crippen LogP contribution in [0.3, 0.4) is 0 Å². The number of rotatable bonds is 2. The van der Waals surface area contributed by atoms with Crippen LogP contribution >= 0.6 is 34.8 Å². The molecule has 0 aliphatic carbocycles. The van der Waals surface area contributed by atoms with Gasteiger partial charge in [-0.05, 0) is 0 Å². The van der Waals surface area contributed by atoms with Crippen molar-refractivity contribution in [1.29, 1.82) is 0 Å². The van der Waals surface area contributed by atoms with Gasteiger partial charge in [0.05, 0.1) is 6.20 Å². The lowest BCUT2D eigenvalue weighted by atomic mass is 10.7. The fourth-order valence-electron chi connectivity index (χ4n) is 0.564. The number of nitrogens with one attached hydrogen (secondary N) is 1. The molecule has 1 rings (SSSR count). The Bertz CT molecular complexity index is 296. The molecule has 0 bridgehead atoms. The number of hydrogen-bond acceptors (Lipinski definition) is 4. The van der Waals surface area contributed by atoms with Crippen LogP contribution < -0.4 is 5.32 Å². The number of carbonyl (C=O) groups is 1. The third-order valence-corrected chi connectivity index (χ3v) is 1.36. The summed E-state index contributed by atoms with van der Waals surface area (Å²) in [6.07, 6.45) is 0.581. The second-order valence-corrected chi connectivity index (χ2v) is 4.71. The highest BCUT2D eigenvalue weighted by Gasteiger charge is 2.22. The molecule has 0 fully saturated rings. The van der Waals surface area contributed by atoms with Gasteiger partial charge in [0.25, 0.3) is 0 Å². The maximum atomic E-state index is 11.0. The van der Waals surface area contributed by atoms with E-state index >= 15 is 0 Å². The van der Waals surface area contributed by atoms with Gasteiger partial charge in [-0.15, -0.1) is 0 Å². The Labute approximate surface area is 94.2 Å². The predicted octanol–water partition coefficient (Wildman–Crippen LogP) is 2.59. The molecule has 0 aliphatic rings. The minimum absolute atomic E-state index is 0.152. The smallest absolute Gasteiger partial charge is 0.414 e. The minimum Gasteiger partial charge on any atom is -0.445 e. The number of aromatic nitrogens is 1. The average molecular weight is 259 g/mol. The molecule has 0 spiro atoms. The van der Waals surface area contributed by atoms with Crippen molar-refractivity contribution in [1.82, 2.24) is 5.16 Å². The second-order valence-electron chi connectivity index (χ2n) is 2.19. The van der Waals surface area contributed by atoms with E-state index in [2.05, 4.69) is 19.7 Å². The number of hydrogen-bond donors (Lipinski definition) is 1. The summed E-state index contributed by atoms with van der Waals surface area (Å²) in [5, 5.41) is 5.59. The highest BCUT2D eigenvalue weighted by Crippen LogP contribution is 2.25. The molecule has 14 heavy (non-hydrogen) atoms. The summed E-state index contributed by atoms with van der Waals surface area (Å²) >= 11 is 16.0. The van der Waals surface area contributed by atoms with E-state index in [1.54, 1.807) is 0 Å². The number of ether oxygens (including phenoxy) is 1. The fourth-order valence-corrected chi connectivity index (χ4v) is 0.728. The Morgan fingerprint density at radius 2 is 2.36 bits per heavy atom. The average Bonchev–Trinajstić information content (AvgIpc) is 2.52. The summed E-state index contributed by atoms with van der Waals surface area (Å²) in [5.74, 6) is 0.152. The summed E-state index contributed by atoms with van der Waals surface area (Å²) in [5.41, 5.74) is 0. The molecule has 0 saturated carbocycles. The van der Waals surface area contributed by atoms with Gasteiger partial charge < -0.3 is 9.26 Å². The molecule has 0 atom stereocenters. The van der Waals surface area contributed by atoms with Crippen molar-refractivity contribution in [3.63, 3.8) is 0 Å². The summed E-state index contributed by atoms with van der Waals surface area (Å²) < 4.78 is 7.50. The van der Waals surface area contributed by atoms with E-state index in [-0.39, 0.29) is 12.5 Å². The van der Waals surface area contributed by atoms with Crippen molar-refractivity contribution >= 4 is 46.8 Å². The summed E-state index contributed by atoms with van der Waals surface area (Å²) in [6.45, 7) is -0.350. The summed E-state index contributed by atoms with van der Waals surface area (Å²) in [7, 11) is 0. The number of halogens is 3. The predicted molar refractivity (Wildman–Crippen MR) is 51.8 cm³/mol. The molecule has 1 amide bonds. The largest absolute Gasteiger partial charge is 0.445 e. The number of nitrogens with zero attached hydrogens (tertiary/aromatic N) is 1. The van der Waals surface area contributed by atoms with Crippen LogP contribution in [0.4, 0.5) is 10.7 Å². The van der Waals surface area contributed by atoms with E-state index in [0.717, 1.165) is 0 Å². The maximum Gasteiger partial charge on any atom is 0.414 e. The lowest BCUT2D eigenvalue weighted by molar-refractivity contribution is 0.163. The molecular weight excluding hydrogens is 254 g/mol. The normalized spacial score (nSPS) is 11.1. The van der Waals surface area contributed by atoms with Crippen molar-refractivity contribution in [2.75, 3.05) is 11.9 Å². The number of anilines is 1. The first-order valence-electron chi connectivity index (χ1n) is 3.38. The van der Waals surface area contributed by atoms with Crippen molar-refractivity contribution in [2.24, 2.45) is 0 Å². The fraction of sp³-hybridized carbons (Fsp3) is 0.333. The van der Waals surface area contributed by atoms with Gasteiger partial charge in [0, 0.05) is 6.07 Å². The van der Waals surface area contributed by atoms with Crippen LogP contribution in [-0.4, -0.2) is 21.6 Å². The molecule has 8 heteroatoms. The van der Waals surface area contributed by atoms with Crippen molar-refractivity contribution in [3.8, 4) is 0 Å². The third kappa shape index (κ3) is 4.55. The van der Waals surface area contributed by atoms with Crippen molar-refractivity contribution in [3.05, 3.63) is 12.3 Å². The Hall–Kier alpha value is -0.650. The quantitative estimate of drug-likeness (QED) is 0.829. The van der Waals surface area contributed by atoms with Gasteiger partial charge >= 0.3 is 6.09 Å². The SMILES string of the molecule is O=C(Nc1ccno1)OCC(Cl)(Cl)Cl. The number of amides is 1. The number of alkyl halides is 3. The third-order valence-electron chi connectivity index (χ3n) is 1.03. The van der Waals surface area contributed by atoms with Gasteiger partial charge in [-0.2, -0.15) is 0 Å². The molecule has 0 aromatic carbocycles. The van der Waals surface area contributed by atoms with Crippen LogP contribution in [0, 0.1) is 0 Å². The van der Waals surface area contributed by atoms with Crippen molar-refractivity contribution < 1.29 is 14.1 Å². The van der Waals surface area contributed by atoms with E-state index in [9.17, 15) is 4.79 Å². The van der Waals surface area contributed by atoms with E-state index in [0.29, 0.717) is 0 Å². The van der Waals surface area contributed by atoms with E-state index in [1.165, 1.54) is 12.3 Å². The van der Waals surface area contributed by atoms with E-state index < -0.39 is 9.89 Å². The van der Waals surface area contributed by atoms with Gasteiger partial charge in [0.2, 0.25) is 9.68 Å². The van der Waals surface area contributed by atoms with Gasteiger partial charge in [-0.1, -0.05) is 40.0 Å². The Kier molecular flexibility index (Phi) is 3.86. The summed E-state index contributed by atoms with van der Waals surface area (Å²) in [6, 6.07) is 1.44. The molecular formula is C6H5Cl3N2O3. The standard InChI is InChI=1S/C6H5Cl3N2O3/c7-6(8,9)3-13-5(12)11-4-1-2-10-14-4/h1-2H,3H2,(H,11,12). The van der Waals surface area contributed by atoms with Gasteiger partial charge in [0.15, 0.2) is 0 Å². The molecule has 1 aromatic rings. The molecule has 0 saturated heterocycles. The Balaban J connectivity index is 2.30. The van der Waals surface area contributed by atoms with Crippen LogP contribution in [0.15, 0.2) is 16.8 Å². The molecule has 0 unspecified atom stereocenters. The van der Waals surface area contributed by atoms with Crippen LogP contribution in [0.2, 0.25) is 0 Å². The van der Waals surface area contributed by atoms with Gasteiger partial charge in [-0.25, -0.2) is 4.79 Å². The van der Waals surface area contributed by atoms with Crippen molar-refractivity contribution in [2.45, 2.75) is 3.79 Å². The molecule has 1 N–H and O–H groups in total. The van der Waals surface area contributed by atoms with Crippen LogP contribution in [-0.2, 0) is 4.74 Å². The molecule has 0 radical (unpaired) electrons. The molecule has 1 heterocycles. The van der Waals surface area contributed by atoms with E-state index in [1.807, 2.05) is 0 Å². The van der Waals surface area contributed by atoms with Gasteiger partial charge in [-0.3, -0.25) is 5.32 Å². The zero-order valence-electron chi connectivity index (χ0n) is 6.67. The second kappa shape index (κ2) is 4.72. The molecule has 1 aromatic heterocycles. The van der Waals surface area contributed by atoms with Gasteiger partial charge in [0.1, 0.15) is 6.61 Å². The first kappa shape index (κ1) is 11.4. The number of carbonyl (C=O) groups excluding carboxylic acids is 1. The first-order chi connectivity index (χ1) is 6.47. The highest BCUT2D eigenvalue weighted by molar-refractivity contribution is 6.67. The zero-order valence-corrected chi connectivity index (χ0v) is 8.94. The lowest BCUT2D eigenvalue weighted by Crippen LogP contribution is -2.20. The monoisotopic (exact) mass is 258 g/mol. The zero-order chi connectivity index (χ0) is 10.6. The van der Waals surface area contributed by atoms with Crippen LogP contribution in [0.5, 0.6) is 0 Å². The highest BCUT2D eigenvalue weighted by atomic mass is 35.6. The maximum absolute atomic E-state index is 11.0. The molecule has 78 valence electrons. The summed E-state index contributed by atoms with van der Waals surface area (Å²) in [4.78, 5) is 11.0. The Morgan fingerprint density at radius 3 is 2.86 bits per heavy atom. The Morgan fingerprint density at radius 1 is 1.64 bits per heavy atom. The molecule has 0 aliphatic heterocycles. The van der Waals surface area contributed by atoms with E-state index in [4.69, 9.17) is 34.8 Å². The minimum atomic E-state index is -1.63. The topological polar surface area (TPSA) is 64.4 Å². The lowest BCUT2D eigenvalue weighted by Gasteiger charge is -2.10. The first-order valence-corrected chi connectivity index (χ1v) is 4.52. The van der Waals surface area contributed by atoms with Crippen LogP contribution in [0.1, 0.15) is 0 Å². The molecule has 5 nitrogen and oxygen atoms in total. The van der Waals surface area contributed by atoms with Crippen LogP contribution in [0.25, 0.3) is 0 Å².